The SMILES string of the molecule is CC(C)(C)[S+]([O-])N[C@@H](CCO)c1cc(Cl)cnc1Cl. The number of nitrogens with zero attached hydrogens (tertiary/aromatic N) is 1. The van der Waals surface area contributed by atoms with Crippen molar-refractivity contribution in [3.8, 4) is 0 Å². The molecule has 0 amide bonds. The van der Waals surface area contributed by atoms with Crippen LogP contribution in [-0.4, -0.2) is 26.0 Å². The molecular weight excluding hydrogens is 307 g/mol. The van der Waals surface area contributed by atoms with Gasteiger partial charge in [0.1, 0.15) is 9.90 Å². The first-order valence-electron chi connectivity index (χ1n) is 5.85. The fraction of sp³-hybridized carbons (Fsp3) is 0.583. The zero-order valence-corrected chi connectivity index (χ0v) is 13.4. The van der Waals surface area contributed by atoms with Crippen LogP contribution < -0.4 is 4.72 Å². The predicted octanol–water partition coefficient (Wildman–Crippen LogP) is 2.86. The van der Waals surface area contributed by atoms with Crippen LogP contribution in [0.25, 0.3) is 0 Å². The molecular formula is C12H18Cl2N2O2S. The summed E-state index contributed by atoms with van der Waals surface area (Å²) in [5.41, 5.74) is 0.640. The molecule has 108 valence electrons. The average molecular weight is 325 g/mol. The summed E-state index contributed by atoms with van der Waals surface area (Å²) in [6, 6.07) is 1.31. The van der Waals surface area contributed by atoms with E-state index in [1.54, 1.807) is 6.07 Å². The Morgan fingerprint density at radius 2 is 2.11 bits per heavy atom. The highest BCUT2D eigenvalue weighted by Crippen LogP contribution is 2.28. The van der Waals surface area contributed by atoms with Crippen molar-refractivity contribution in [3.05, 3.63) is 28.0 Å². The van der Waals surface area contributed by atoms with Crippen LogP contribution in [0.5, 0.6) is 0 Å². The Balaban J connectivity index is 2.97. The van der Waals surface area contributed by atoms with Gasteiger partial charge in [-0.25, -0.2) is 4.98 Å². The molecule has 1 heterocycles. The second-order valence-electron chi connectivity index (χ2n) is 5.10. The normalized spacial score (nSPS) is 15.3. The molecule has 1 aromatic heterocycles. The van der Waals surface area contributed by atoms with Crippen LogP contribution in [0.1, 0.15) is 38.8 Å². The highest BCUT2D eigenvalue weighted by Gasteiger charge is 2.30. The van der Waals surface area contributed by atoms with Crippen LogP contribution in [0.2, 0.25) is 10.2 Å². The monoisotopic (exact) mass is 324 g/mol. The van der Waals surface area contributed by atoms with Crippen molar-refractivity contribution in [2.24, 2.45) is 0 Å². The van der Waals surface area contributed by atoms with E-state index in [2.05, 4.69) is 9.71 Å². The van der Waals surface area contributed by atoms with Crippen molar-refractivity contribution < 1.29 is 9.66 Å². The quantitative estimate of drug-likeness (QED) is 0.645. The average Bonchev–Trinajstić information content (AvgIpc) is 2.30. The maximum absolute atomic E-state index is 12.1. The predicted molar refractivity (Wildman–Crippen MR) is 79.7 cm³/mol. The van der Waals surface area contributed by atoms with Crippen molar-refractivity contribution in [1.29, 1.82) is 0 Å². The van der Waals surface area contributed by atoms with E-state index in [-0.39, 0.29) is 12.6 Å². The lowest BCUT2D eigenvalue weighted by atomic mass is 10.1. The molecule has 4 nitrogen and oxygen atoms in total. The zero-order chi connectivity index (χ0) is 14.6. The number of nitrogens with one attached hydrogen (secondary N) is 1. The van der Waals surface area contributed by atoms with Gasteiger partial charge in [0.2, 0.25) is 0 Å². The Labute approximate surface area is 126 Å². The van der Waals surface area contributed by atoms with Gasteiger partial charge in [0.25, 0.3) is 0 Å². The number of aromatic nitrogens is 1. The van der Waals surface area contributed by atoms with E-state index in [0.717, 1.165) is 0 Å². The Hall–Kier alpha value is -0.0400. The fourth-order valence-electron chi connectivity index (χ4n) is 1.40. The van der Waals surface area contributed by atoms with Crippen LogP contribution in [0.3, 0.4) is 0 Å². The van der Waals surface area contributed by atoms with E-state index in [9.17, 15) is 4.55 Å². The minimum Gasteiger partial charge on any atom is -0.598 e. The molecule has 0 spiro atoms. The largest absolute Gasteiger partial charge is 0.598 e. The van der Waals surface area contributed by atoms with Crippen molar-refractivity contribution >= 4 is 34.6 Å². The Kier molecular flexibility index (Phi) is 6.36. The molecule has 0 saturated carbocycles. The highest BCUT2D eigenvalue weighted by atomic mass is 35.5. The summed E-state index contributed by atoms with van der Waals surface area (Å²) in [7, 11) is 0. The molecule has 0 aliphatic carbocycles. The molecule has 7 heteroatoms. The molecule has 2 atom stereocenters. The van der Waals surface area contributed by atoms with E-state index in [1.165, 1.54) is 6.20 Å². The van der Waals surface area contributed by atoms with E-state index in [0.29, 0.717) is 22.2 Å². The van der Waals surface area contributed by atoms with Crippen molar-refractivity contribution in [1.82, 2.24) is 9.71 Å². The zero-order valence-electron chi connectivity index (χ0n) is 11.1. The molecule has 1 aromatic rings. The number of hydrogen-bond acceptors (Lipinski definition) is 4. The summed E-state index contributed by atoms with van der Waals surface area (Å²) >= 11 is 10.7. The van der Waals surface area contributed by atoms with Crippen LogP contribution in [0.15, 0.2) is 12.3 Å². The van der Waals surface area contributed by atoms with Gasteiger partial charge in [-0.2, -0.15) is 0 Å². The molecule has 0 aromatic carbocycles. The third-order valence-electron chi connectivity index (χ3n) is 2.43. The molecule has 1 rings (SSSR count). The second kappa shape index (κ2) is 7.11. The molecule has 0 saturated heterocycles. The smallest absolute Gasteiger partial charge is 0.136 e. The topological polar surface area (TPSA) is 68.2 Å². The van der Waals surface area contributed by atoms with E-state index < -0.39 is 16.1 Å². The molecule has 0 fully saturated rings. The minimum atomic E-state index is -1.27. The standard InChI is InChI=1S/C12H18Cl2N2O2S/c1-12(2,3)19(18)16-10(4-5-17)9-6-8(13)7-15-11(9)14/h6-7,10,16-17H,4-5H2,1-3H3/t10-,19?/m0/s1. The summed E-state index contributed by atoms with van der Waals surface area (Å²) in [4.78, 5) is 3.96. The van der Waals surface area contributed by atoms with Gasteiger partial charge in [-0.05, 0) is 33.3 Å². The molecule has 19 heavy (non-hydrogen) atoms. The Bertz CT molecular complexity index is 427. The minimum absolute atomic E-state index is 0.0537. The lowest BCUT2D eigenvalue weighted by Crippen LogP contribution is -2.41. The van der Waals surface area contributed by atoms with Gasteiger partial charge >= 0.3 is 0 Å². The number of pyridine rings is 1. The maximum Gasteiger partial charge on any atom is 0.136 e. The number of aliphatic hydroxyl groups excluding tert-OH is 1. The number of halogens is 2. The van der Waals surface area contributed by atoms with Gasteiger partial charge in [0, 0.05) is 29.7 Å². The van der Waals surface area contributed by atoms with Gasteiger partial charge < -0.3 is 9.66 Å². The summed E-state index contributed by atoms with van der Waals surface area (Å²) < 4.78 is 14.7. The maximum atomic E-state index is 12.1. The fourth-order valence-corrected chi connectivity index (χ4v) is 2.65. The third kappa shape index (κ3) is 5.10. The van der Waals surface area contributed by atoms with Gasteiger partial charge in [-0.15, -0.1) is 4.72 Å². The van der Waals surface area contributed by atoms with Crippen molar-refractivity contribution in [2.45, 2.75) is 38.0 Å². The third-order valence-corrected chi connectivity index (χ3v) is 4.56. The second-order valence-corrected chi connectivity index (χ2v) is 7.89. The molecule has 0 aliphatic heterocycles. The Morgan fingerprint density at radius 3 is 2.63 bits per heavy atom. The van der Waals surface area contributed by atoms with Gasteiger partial charge in [0.15, 0.2) is 0 Å². The van der Waals surface area contributed by atoms with Crippen molar-refractivity contribution in [2.75, 3.05) is 6.61 Å². The number of aliphatic hydroxyl groups is 1. The first kappa shape index (κ1) is 17.0. The van der Waals surface area contributed by atoms with Gasteiger partial charge in [-0.3, -0.25) is 0 Å². The molecule has 0 bridgehead atoms. The summed E-state index contributed by atoms with van der Waals surface area (Å²) in [5.74, 6) is 0. The van der Waals surface area contributed by atoms with Crippen LogP contribution in [-0.2, 0) is 11.4 Å². The van der Waals surface area contributed by atoms with Crippen molar-refractivity contribution in [3.63, 3.8) is 0 Å². The van der Waals surface area contributed by atoms with E-state index in [1.807, 2.05) is 20.8 Å². The number of rotatable bonds is 5. The van der Waals surface area contributed by atoms with E-state index in [4.69, 9.17) is 28.3 Å². The number of hydrogen-bond donors (Lipinski definition) is 2. The highest BCUT2D eigenvalue weighted by molar-refractivity contribution is 7.90. The lowest BCUT2D eigenvalue weighted by molar-refractivity contribution is 0.272. The van der Waals surface area contributed by atoms with Crippen LogP contribution in [0.4, 0.5) is 0 Å². The van der Waals surface area contributed by atoms with E-state index >= 15 is 0 Å². The molecule has 0 aliphatic rings. The first-order chi connectivity index (χ1) is 8.75. The summed E-state index contributed by atoms with van der Waals surface area (Å²) in [6.45, 7) is 5.54. The lowest BCUT2D eigenvalue weighted by Gasteiger charge is -2.28. The van der Waals surface area contributed by atoms with Crippen LogP contribution >= 0.6 is 23.2 Å². The molecule has 0 radical (unpaired) electrons. The summed E-state index contributed by atoms with van der Waals surface area (Å²) in [6.07, 6.45) is 1.83. The molecule has 2 N–H and O–H groups in total. The first-order valence-corrected chi connectivity index (χ1v) is 7.76. The van der Waals surface area contributed by atoms with Gasteiger partial charge in [-0.1, -0.05) is 23.2 Å². The van der Waals surface area contributed by atoms with Crippen LogP contribution in [0, 0.1) is 0 Å². The van der Waals surface area contributed by atoms with Gasteiger partial charge in [0.05, 0.1) is 11.1 Å². The Morgan fingerprint density at radius 1 is 1.47 bits per heavy atom. The molecule has 1 unspecified atom stereocenters. The summed E-state index contributed by atoms with van der Waals surface area (Å²) in [5, 5.41) is 9.88.